The molecule has 0 saturated carbocycles. The summed E-state index contributed by atoms with van der Waals surface area (Å²) in [7, 11) is 0. The van der Waals surface area contributed by atoms with Gasteiger partial charge in [-0.1, -0.05) is 22.0 Å². The summed E-state index contributed by atoms with van der Waals surface area (Å²) in [4.78, 5) is 21.5. The fourth-order valence-electron chi connectivity index (χ4n) is 1.96. The summed E-state index contributed by atoms with van der Waals surface area (Å²) in [5.41, 5.74) is 4.85. The Morgan fingerprint density at radius 2 is 2.09 bits per heavy atom. The Morgan fingerprint density at radius 1 is 1.27 bits per heavy atom. The fraction of sp³-hybridized carbons (Fsp3) is 0.125. The van der Waals surface area contributed by atoms with Crippen LogP contribution in [0.1, 0.15) is 16.1 Å². The minimum Gasteiger partial charge on any atom is -0.459 e. The van der Waals surface area contributed by atoms with Gasteiger partial charge in [-0.3, -0.25) is 15.3 Å². The van der Waals surface area contributed by atoms with Gasteiger partial charge in [0.1, 0.15) is 12.7 Å². The van der Waals surface area contributed by atoms with Gasteiger partial charge in [-0.25, -0.2) is 4.79 Å². The van der Waals surface area contributed by atoms with Crippen LogP contribution in [0.5, 0.6) is 0 Å². The standard InChI is InChI=1S/C16H13BrN2O3/c17-12-6-4-11(5-7-12)16(20)21-10-13-9-15(19-22-13)14-3-1-2-8-18-14/h1-9,13,19H,10H2/t13-/m0/s1. The highest BCUT2D eigenvalue weighted by Gasteiger charge is 2.20. The topological polar surface area (TPSA) is 60.5 Å². The first kappa shape index (κ1) is 14.7. The van der Waals surface area contributed by atoms with Gasteiger partial charge in [0.2, 0.25) is 0 Å². The number of esters is 1. The van der Waals surface area contributed by atoms with E-state index in [1.54, 1.807) is 30.5 Å². The second kappa shape index (κ2) is 6.72. The average molecular weight is 361 g/mol. The fourth-order valence-corrected chi connectivity index (χ4v) is 2.23. The van der Waals surface area contributed by atoms with Crippen LogP contribution in [0, 0.1) is 0 Å². The van der Waals surface area contributed by atoms with Crippen molar-refractivity contribution in [2.75, 3.05) is 6.61 Å². The molecule has 0 amide bonds. The minimum absolute atomic E-state index is 0.137. The third-order valence-corrected chi connectivity index (χ3v) is 3.60. The van der Waals surface area contributed by atoms with E-state index in [0.29, 0.717) is 5.56 Å². The molecule has 2 aromatic rings. The van der Waals surface area contributed by atoms with Gasteiger partial charge in [0, 0.05) is 10.7 Å². The van der Waals surface area contributed by atoms with Gasteiger partial charge in [-0.2, -0.15) is 0 Å². The molecule has 3 rings (SSSR count). The number of aromatic nitrogens is 1. The molecule has 1 aliphatic rings. The molecule has 22 heavy (non-hydrogen) atoms. The largest absolute Gasteiger partial charge is 0.459 e. The second-order valence-electron chi connectivity index (χ2n) is 4.66. The molecule has 0 fully saturated rings. The number of carbonyl (C=O) groups excluding carboxylic acids is 1. The first-order valence-electron chi connectivity index (χ1n) is 6.70. The van der Waals surface area contributed by atoms with E-state index in [2.05, 4.69) is 26.4 Å². The number of halogens is 1. The molecular formula is C16H13BrN2O3. The number of nitrogens with one attached hydrogen (secondary N) is 1. The zero-order chi connectivity index (χ0) is 15.4. The molecule has 0 saturated heterocycles. The summed E-state index contributed by atoms with van der Waals surface area (Å²) >= 11 is 3.32. The highest BCUT2D eigenvalue weighted by Crippen LogP contribution is 2.17. The molecule has 1 aromatic carbocycles. The lowest BCUT2D eigenvalue weighted by Crippen LogP contribution is -2.20. The number of nitrogens with zero attached hydrogens (tertiary/aromatic N) is 1. The Morgan fingerprint density at radius 3 is 2.82 bits per heavy atom. The van der Waals surface area contributed by atoms with E-state index in [0.717, 1.165) is 15.9 Å². The summed E-state index contributed by atoms with van der Waals surface area (Å²) < 4.78 is 6.16. The first-order valence-corrected chi connectivity index (χ1v) is 7.49. The maximum absolute atomic E-state index is 11.9. The molecule has 112 valence electrons. The average Bonchev–Trinajstić information content (AvgIpc) is 3.03. The summed E-state index contributed by atoms with van der Waals surface area (Å²) in [6.45, 7) is 0.137. The van der Waals surface area contributed by atoms with E-state index in [1.807, 2.05) is 24.3 Å². The van der Waals surface area contributed by atoms with Crippen molar-refractivity contribution in [3.63, 3.8) is 0 Å². The molecule has 0 spiro atoms. The van der Waals surface area contributed by atoms with Gasteiger partial charge in [-0.15, -0.1) is 0 Å². The monoisotopic (exact) mass is 360 g/mol. The number of rotatable bonds is 4. The van der Waals surface area contributed by atoms with Crippen molar-refractivity contribution in [2.24, 2.45) is 0 Å². The number of hydrogen-bond acceptors (Lipinski definition) is 5. The van der Waals surface area contributed by atoms with Crippen molar-refractivity contribution >= 4 is 27.6 Å². The zero-order valence-electron chi connectivity index (χ0n) is 11.5. The van der Waals surface area contributed by atoms with Crippen molar-refractivity contribution in [3.05, 3.63) is 70.5 Å². The number of hydrogen-bond donors (Lipinski definition) is 1. The Kier molecular flexibility index (Phi) is 4.50. The Bertz CT molecular complexity index is 686. The second-order valence-corrected chi connectivity index (χ2v) is 5.57. The van der Waals surface area contributed by atoms with Crippen LogP contribution in [0.4, 0.5) is 0 Å². The van der Waals surface area contributed by atoms with Crippen LogP contribution >= 0.6 is 15.9 Å². The maximum Gasteiger partial charge on any atom is 0.338 e. The van der Waals surface area contributed by atoms with E-state index in [4.69, 9.17) is 9.57 Å². The summed E-state index contributed by atoms with van der Waals surface area (Å²) in [6.07, 6.45) is 3.21. The van der Waals surface area contributed by atoms with E-state index >= 15 is 0 Å². The van der Waals surface area contributed by atoms with Crippen molar-refractivity contribution < 1.29 is 14.4 Å². The molecule has 1 N–H and O–H groups in total. The van der Waals surface area contributed by atoms with Gasteiger partial charge in [0.15, 0.2) is 0 Å². The van der Waals surface area contributed by atoms with Crippen molar-refractivity contribution in [1.82, 2.24) is 10.5 Å². The highest BCUT2D eigenvalue weighted by molar-refractivity contribution is 9.10. The zero-order valence-corrected chi connectivity index (χ0v) is 13.1. The molecule has 0 unspecified atom stereocenters. The van der Waals surface area contributed by atoms with Crippen LogP contribution < -0.4 is 5.48 Å². The highest BCUT2D eigenvalue weighted by atomic mass is 79.9. The van der Waals surface area contributed by atoms with E-state index < -0.39 is 0 Å². The van der Waals surface area contributed by atoms with Crippen molar-refractivity contribution in [1.29, 1.82) is 0 Å². The Hall–Kier alpha value is -2.18. The lowest BCUT2D eigenvalue weighted by Gasteiger charge is -2.08. The van der Waals surface area contributed by atoms with Gasteiger partial charge in [0.25, 0.3) is 0 Å². The van der Waals surface area contributed by atoms with Gasteiger partial charge in [-0.05, 0) is 42.5 Å². The van der Waals surface area contributed by atoms with Crippen LogP contribution in [0.15, 0.2) is 59.2 Å². The van der Waals surface area contributed by atoms with Gasteiger partial charge in [0.05, 0.1) is 17.0 Å². The predicted octanol–water partition coefficient (Wildman–Crippen LogP) is 2.95. The van der Waals surface area contributed by atoms with E-state index in [-0.39, 0.29) is 18.7 Å². The van der Waals surface area contributed by atoms with Crippen molar-refractivity contribution in [3.8, 4) is 0 Å². The molecule has 1 aliphatic heterocycles. The van der Waals surface area contributed by atoms with Crippen LogP contribution in [0.3, 0.4) is 0 Å². The summed E-state index contributed by atoms with van der Waals surface area (Å²) in [6, 6.07) is 12.6. The molecule has 0 radical (unpaired) electrons. The summed E-state index contributed by atoms with van der Waals surface area (Å²) in [5, 5.41) is 0. The third-order valence-electron chi connectivity index (χ3n) is 3.07. The number of benzene rings is 1. The number of hydroxylamine groups is 1. The molecule has 0 aliphatic carbocycles. The smallest absolute Gasteiger partial charge is 0.338 e. The lowest BCUT2D eigenvalue weighted by atomic mass is 10.2. The Balaban J connectivity index is 1.57. The predicted molar refractivity (Wildman–Crippen MR) is 84.6 cm³/mol. The quantitative estimate of drug-likeness (QED) is 0.849. The van der Waals surface area contributed by atoms with Crippen LogP contribution in [0.25, 0.3) is 5.70 Å². The molecule has 1 aromatic heterocycles. The van der Waals surface area contributed by atoms with E-state index in [1.165, 1.54) is 0 Å². The van der Waals surface area contributed by atoms with Crippen LogP contribution in [0.2, 0.25) is 0 Å². The molecule has 1 atom stereocenters. The maximum atomic E-state index is 11.9. The van der Waals surface area contributed by atoms with Crippen LogP contribution in [-0.4, -0.2) is 23.7 Å². The first-order chi connectivity index (χ1) is 10.7. The summed E-state index contributed by atoms with van der Waals surface area (Å²) in [5.74, 6) is -0.379. The molecular weight excluding hydrogens is 348 g/mol. The number of carbonyl (C=O) groups is 1. The number of pyridine rings is 1. The minimum atomic E-state index is -0.379. The van der Waals surface area contributed by atoms with Gasteiger partial charge >= 0.3 is 5.97 Å². The molecule has 0 bridgehead atoms. The normalized spacial score (nSPS) is 16.8. The molecule has 5 nitrogen and oxygen atoms in total. The Labute approximate surface area is 136 Å². The van der Waals surface area contributed by atoms with Crippen LogP contribution in [-0.2, 0) is 9.57 Å². The molecule has 2 heterocycles. The third kappa shape index (κ3) is 3.52. The van der Waals surface area contributed by atoms with E-state index in [9.17, 15) is 4.79 Å². The number of ether oxygens (including phenoxy) is 1. The SMILES string of the molecule is O=C(OC[C@@H]1C=C(c2ccccn2)NO1)c1ccc(Br)cc1. The lowest BCUT2D eigenvalue weighted by molar-refractivity contribution is -0.00358. The van der Waals surface area contributed by atoms with Crippen molar-refractivity contribution in [2.45, 2.75) is 6.10 Å². The molecule has 6 heteroatoms. The van der Waals surface area contributed by atoms with Gasteiger partial charge < -0.3 is 4.74 Å².